The molecule has 0 bridgehead atoms. The van der Waals surface area contributed by atoms with Gasteiger partial charge in [-0.25, -0.2) is 9.78 Å². The highest BCUT2D eigenvalue weighted by Crippen LogP contribution is 2.19. The van der Waals surface area contributed by atoms with Gasteiger partial charge in [-0.05, 0) is 30.0 Å². The summed E-state index contributed by atoms with van der Waals surface area (Å²) in [5, 5.41) is 13.7. The molecule has 0 spiro atoms. The number of amides is 1. The number of rotatable bonds is 9. The van der Waals surface area contributed by atoms with Gasteiger partial charge >= 0.3 is 5.69 Å². The first-order valence-electron chi connectivity index (χ1n) is 11.6. The van der Waals surface area contributed by atoms with Crippen LogP contribution in [0.4, 0.5) is 11.4 Å². The van der Waals surface area contributed by atoms with Gasteiger partial charge in [-0.2, -0.15) is 0 Å². The van der Waals surface area contributed by atoms with Gasteiger partial charge < -0.3 is 10.3 Å². The highest BCUT2D eigenvalue weighted by Gasteiger charge is 2.18. The maximum atomic E-state index is 13.2. The van der Waals surface area contributed by atoms with Crippen LogP contribution in [0.3, 0.4) is 0 Å². The molecule has 4 aromatic rings. The van der Waals surface area contributed by atoms with Gasteiger partial charge in [-0.15, -0.1) is 0 Å². The fourth-order valence-corrected chi connectivity index (χ4v) is 4.11. The molecule has 2 heterocycles. The first-order valence-corrected chi connectivity index (χ1v) is 11.6. The number of non-ortho nitro benzene ring substituents is 1. The molecule has 0 fully saturated rings. The molecule has 0 radical (unpaired) electrons. The lowest BCUT2D eigenvalue weighted by Gasteiger charge is -2.10. The Morgan fingerprint density at radius 2 is 1.81 bits per heavy atom. The Hall–Kier alpha value is -4.54. The number of hydrogen-bond donors (Lipinski definition) is 2. The van der Waals surface area contributed by atoms with Crippen LogP contribution in [0, 0.1) is 10.1 Å². The van der Waals surface area contributed by atoms with Crippen molar-refractivity contribution in [3.63, 3.8) is 0 Å². The molecule has 4 rings (SSSR count). The fourth-order valence-electron chi connectivity index (χ4n) is 4.11. The predicted molar refractivity (Wildman–Crippen MR) is 135 cm³/mol. The number of carbonyl (C=O) groups excluding carboxylic acids is 1. The van der Waals surface area contributed by atoms with Gasteiger partial charge in [-0.1, -0.05) is 37.3 Å². The zero-order chi connectivity index (χ0) is 25.8. The molecule has 1 amide bonds. The van der Waals surface area contributed by atoms with Gasteiger partial charge in [0.05, 0.1) is 4.92 Å². The van der Waals surface area contributed by atoms with Crippen LogP contribution >= 0.6 is 0 Å². The Bertz CT molecular complexity index is 1550. The second-order valence-electron chi connectivity index (χ2n) is 8.46. The number of nitro groups is 1. The van der Waals surface area contributed by atoms with Gasteiger partial charge in [-0.3, -0.25) is 28.8 Å². The van der Waals surface area contributed by atoms with E-state index in [0.717, 1.165) is 11.1 Å². The molecule has 0 aliphatic heterocycles. The summed E-state index contributed by atoms with van der Waals surface area (Å²) >= 11 is 0. The van der Waals surface area contributed by atoms with Crippen molar-refractivity contribution in [3.8, 4) is 0 Å². The lowest BCUT2D eigenvalue weighted by atomic mass is 10.1. The minimum Gasteiger partial charge on any atom is -0.336 e. The first-order chi connectivity index (χ1) is 17.3. The Morgan fingerprint density at radius 1 is 1.08 bits per heavy atom. The van der Waals surface area contributed by atoms with Crippen molar-refractivity contribution in [3.05, 3.63) is 96.4 Å². The second-order valence-corrected chi connectivity index (χ2v) is 8.46. The number of aromatic amines is 1. The van der Waals surface area contributed by atoms with Gasteiger partial charge in [0.15, 0.2) is 5.65 Å². The van der Waals surface area contributed by atoms with Crippen molar-refractivity contribution < 1.29 is 9.72 Å². The quantitative estimate of drug-likeness (QED) is 0.273. The van der Waals surface area contributed by atoms with Crippen LogP contribution in [-0.2, 0) is 30.7 Å². The standard InChI is InChI=1S/C25H26N6O5/c1-3-13-30-24(33)22-23(28-21(27-22)15-18-6-4-5-7-20(18)26-16(2)32)29(25(30)34)14-12-17-8-10-19(11-9-17)31(35)36/h4-11H,3,12-15H2,1-2H3,(H,26,32)(H,27,28). The maximum Gasteiger partial charge on any atom is 0.332 e. The summed E-state index contributed by atoms with van der Waals surface area (Å²) in [4.78, 5) is 56.0. The average Bonchev–Trinajstić information content (AvgIpc) is 3.26. The minimum atomic E-state index is -0.464. The maximum absolute atomic E-state index is 13.2. The van der Waals surface area contributed by atoms with Gasteiger partial charge in [0, 0.05) is 44.3 Å². The number of fused-ring (bicyclic) bond motifs is 1. The van der Waals surface area contributed by atoms with Gasteiger partial charge in [0.2, 0.25) is 5.91 Å². The van der Waals surface area contributed by atoms with E-state index in [0.29, 0.717) is 30.8 Å². The molecule has 0 saturated carbocycles. The lowest BCUT2D eigenvalue weighted by molar-refractivity contribution is -0.384. The molecule has 11 heteroatoms. The van der Waals surface area contributed by atoms with Gasteiger partial charge in [0.1, 0.15) is 11.3 Å². The fraction of sp³-hybridized carbons (Fsp3) is 0.280. The molecule has 0 atom stereocenters. The second kappa shape index (κ2) is 10.4. The summed E-state index contributed by atoms with van der Waals surface area (Å²) in [6.45, 7) is 3.82. The number of aryl methyl sites for hydroxylation is 2. The van der Waals surface area contributed by atoms with Crippen LogP contribution in [0.5, 0.6) is 0 Å². The molecular weight excluding hydrogens is 464 g/mol. The Morgan fingerprint density at radius 3 is 2.47 bits per heavy atom. The monoisotopic (exact) mass is 490 g/mol. The first kappa shape index (κ1) is 24.6. The van der Waals surface area contributed by atoms with Crippen molar-refractivity contribution in [2.24, 2.45) is 0 Å². The number of hydrogen-bond acceptors (Lipinski definition) is 6. The van der Waals surface area contributed by atoms with E-state index < -0.39 is 16.2 Å². The van der Waals surface area contributed by atoms with Crippen LogP contribution in [0.2, 0.25) is 0 Å². The van der Waals surface area contributed by atoms with E-state index in [4.69, 9.17) is 0 Å². The number of aromatic nitrogens is 4. The van der Waals surface area contributed by atoms with Crippen LogP contribution in [0.15, 0.2) is 58.1 Å². The zero-order valence-corrected chi connectivity index (χ0v) is 20.0. The smallest absolute Gasteiger partial charge is 0.332 e. The van der Waals surface area contributed by atoms with Crippen LogP contribution in [-0.4, -0.2) is 29.9 Å². The third-order valence-corrected chi connectivity index (χ3v) is 5.81. The number of benzene rings is 2. The predicted octanol–water partition coefficient (Wildman–Crippen LogP) is 3.00. The molecule has 186 valence electrons. The number of nitrogens with one attached hydrogen (secondary N) is 2. The summed E-state index contributed by atoms with van der Waals surface area (Å²) < 4.78 is 2.67. The molecule has 0 unspecified atom stereocenters. The van der Waals surface area contributed by atoms with Crippen molar-refractivity contribution >= 4 is 28.4 Å². The zero-order valence-electron chi connectivity index (χ0n) is 20.0. The summed E-state index contributed by atoms with van der Waals surface area (Å²) in [6.07, 6.45) is 1.34. The summed E-state index contributed by atoms with van der Waals surface area (Å²) in [6, 6.07) is 13.4. The Kier molecular flexibility index (Phi) is 7.09. The van der Waals surface area contributed by atoms with E-state index in [2.05, 4.69) is 15.3 Å². The van der Waals surface area contributed by atoms with E-state index in [1.165, 1.54) is 28.2 Å². The molecule has 0 saturated heterocycles. The SMILES string of the molecule is CCCn1c(=O)c2[nH]c(Cc3ccccc3NC(C)=O)nc2n(CCc2ccc([N+](=O)[O-])cc2)c1=O. The molecular formula is C25H26N6O5. The topological polar surface area (TPSA) is 145 Å². The Balaban J connectivity index is 1.73. The van der Waals surface area contributed by atoms with Crippen molar-refractivity contribution in [1.29, 1.82) is 0 Å². The van der Waals surface area contributed by atoms with E-state index in [9.17, 15) is 24.5 Å². The number of nitro benzene ring substituents is 1. The molecule has 36 heavy (non-hydrogen) atoms. The summed E-state index contributed by atoms with van der Waals surface area (Å²) in [5.41, 5.74) is 1.86. The van der Waals surface area contributed by atoms with Crippen LogP contribution in [0.25, 0.3) is 11.2 Å². The highest BCUT2D eigenvalue weighted by atomic mass is 16.6. The van der Waals surface area contributed by atoms with E-state index in [-0.39, 0.29) is 35.8 Å². The third kappa shape index (κ3) is 5.09. The van der Waals surface area contributed by atoms with E-state index >= 15 is 0 Å². The van der Waals surface area contributed by atoms with E-state index in [1.54, 1.807) is 18.2 Å². The van der Waals surface area contributed by atoms with Crippen LogP contribution < -0.4 is 16.6 Å². The number of imidazole rings is 1. The average molecular weight is 491 g/mol. The summed E-state index contributed by atoms with van der Waals surface area (Å²) in [5.74, 6) is 0.284. The van der Waals surface area contributed by atoms with Crippen LogP contribution in [0.1, 0.15) is 37.2 Å². The van der Waals surface area contributed by atoms with Crippen molar-refractivity contribution in [2.45, 2.75) is 46.2 Å². The molecule has 2 aromatic carbocycles. The minimum absolute atomic E-state index is 0.00806. The largest absolute Gasteiger partial charge is 0.336 e. The third-order valence-electron chi connectivity index (χ3n) is 5.81. The normalized spacial score (nSPS) is 11.1. The molecule has 0 aliphatic carbocycles. The Labute approximate surface area is 205 Å². The summed E-state index contributed by atoms with van der Waals surface area (Å²) in [7, 11) is 0. The number of H-pyrrole nitrogens is 1. The van der Waals surface area contributed by atoms with Crippen molar-refractivity contribution in [2.75, 3.05) is 5.32 Å². The highest BCUT2D eigenvalue weighted by molar-refractivity contribution is 5.89. The van der Waals surface area contributed by atoms with Crippen molar-refractivity contribution in [1.82, 2.24) is 19.1 Å². The molecule has 2 N–H and O–H groups in total. The number of para-hydroxylation sites is 1. The molecule has 2 aromatic heterocycles. The number of carbonyl (C=O) groups is 1. The van der Waals surface area contributed by atoms with E-state index in [1.807, 2.05) is 25.1 Å². The number of anilines is 1. The molecule has 11 nitrogen and oxygen atoms in total. The molecule has 0 aliphatic rings. The lowest BCUT2D eigenvalue weighted by Crippen LogP contribution is -2.40. The van der Waals surface area contributed by atoms with Gasteiger partial charge in [0.25, 0.3) is 11.2 Å². The number of nitrogens with zero attached hydrogens (tertiary/aromatic N) is 4.